The van der Waals surface area contributed by atoms with Crippen molar-refractivity contribution in [3.8, 4) is 0 Å². The molecule has 1 N–H and O–H groups in total. The van der Waals surface area contributed by atoms with Gasteiger partial charge in [-0.3, -0.25) is 10.4 Å². The van der Waals surface area contributed by atoms with Crippen LogP contribution in [0.2, 0.25) is 0 Å². The second kappa shape index (κ2) is 7.31. The first-order valence-electron chi connectivity index (χ1n) is 6.41. The molecule has 0 aliphatic heterocycles. The second-order valence-electron chi connectivity index (χ2n) is 4.48. The summed E-state index contributed by atoms with van der Waals surface area (Å²) in [5, 5.41) is 4.13. The van der Waals surface area contributed by atoms with Crippen LogP contribution in [0.15, 0.2) is 38.8 Å². The molecule has 0 spiro atoms. The number of hydrogen-bond acceptors (Lipinski definition) is 2. The fourth-order valence-corrected chi connectivity index (χ4v) is 2.48. The Morgan fingerprint density at radius 3 is 2.72 bits per heavy atom. The quantitative estimate of drug-likeness (QED) is 0.513. The van der Waals surface area contributed by atoms with Crippen LogP contribution in [0.5, 0.6) is 0 Å². The first kappa shape index (κ1) is 13.3. The zero-order chi connectivity index (χ0) is 12.6. The summed E-state index contributed by atoms with van der Waals surface area (Å²) in [7, 11) is 0. The van der Waals surface area contributed by atoms with Gasteiger partial charge in [-0.2, -0.15) is 5.10 Å². The largest absolute Gasteiger partial charge is 0.271 e. The minimum atomic E-state index is 0.491. The molecule has 0 bridgehead atoms. The molecule has 2 rings (SSSR count). The van der Waals surface area contributed by atoms with E-state index in [1.807, 2.05) is 24.3 Å². The third-order valence-electron chi connectivity index (χ3n) is 3.10. The van der Waals surface area contributed by atoms with E-state index in [9.17, 15) is 0 Å². The van der Waals surface area contributed by atoms with E-state index in [0.29, 0.717) is 6.04 Å². The highest BCUT2D eigenvalue weighted by molar-refractivity contribution is 9.10. The molecule has 18 heavy (non-hydrogen) atoms. The zero-order valence-corrected chi connectivity index (χ0v) is 11.9. The Bertz CT molecular complexity index is 423. The number of halogens is 1. The van der Waals surface area contributed by atoms with Gasteiger partial charge in [-0.05, 0) is 18.9 Å². The van der Waals surface area contributed by atoms with Gasteiger partial charge in [0.15, 0.2) is 0 Å². The maximum Gasteiger partial charge on any atom is 0.103 e. The molecule has 1 aromatic rings. The summed E-state index contributed by atoms with van der Waals surface area (Å²) in [6, 6.07) is 8.47. The van der Waals surface area contributed by atoms with Gasteiger partial charge in [0.05, 0.1) is 12.3 Å². The van der Waals surface area contributed by atoms with Crippen molar-refractivity contribution in [3.05, 3.63) is 34.3 Å². The van der Waals surface area contributed by atoms with Gasteiger partial charge in [0.1, 0.15) is 6.34 Å². The van der Waals surface area contributed by atoms with Gasteiger partial charge in [-0.25, -0.2) is 0 Å². The average molecular weight is 308 g/mol. The molecule has 0 radical (unpaired) electrons. The monoisotopic (exact) mass is 307 g/mol. The molecule has 0 heterocycles. The SMILES string of the molecule is Brc1ccccc1/C=N/NC=NC1CCCCC1. The lowest BCUT2D eigenvalue weighted by Crippen LogP contribution is -2.12. The van der Waals surface area contributed by atoms with Crippen molar-refractivity contribution in [2.45, 2.75) is 38.1 Å². The summed E-state index contributed by atoms with van der Waals surface area (Å²) in [4.78, 5) is 4.48. The predicted octanol–water partition coefficient (Wildman–Crippen LogP) is 3.73. The number of hydrazone groups is 1. The average Bonchev–Trinajstić information content (AvgIpc) is 2.42. The number of benzene rings is 1. The molecule has 96 valence electrons. The molecule has 1 aromatic carbocycles. The summed E-state index contributed by atoms with van der Waals surface area (Å²) in [5.41, 5.74) is 3.92. The highest BCUT2D eigenvalue weighted by Crippen LogP contribution is 2.19. The normalized spacial score (nSPS) is 17.6. The third kappa shape index (κ3) is 4.26. The van der Waals surface area contributed by atoms with E-state index in [4.69, 9.17) is 0 Å². The summed E-state index contributed by atoms with van der Waals surface area (Å²) in [5.74, 6) is 0. The first-order chi connectivity index (χ1) is 8.86. The molecule has 0 aromatic heterocycles. The molecule has 1 aliphatic rings. The zero-order valence-electron chi connectivity index (χ0n) is 10.3. The van der Waals surface area contributed by atoms with Crippen LogP contribution in [0.25, 0.3) is 0 Å². The molecule has 4 heteroatoms. The van der Waals surface area contributed by atoms with Crippen LogP contribution in [0.1, 0.15) is 37.7 Å². The fraction of sp³-hybridized carbons (Fsp3) is 0.429. The van der Waals surface area contributed by atoms with Crippen molar-refractivity contribution in [2.75, 3.05) is 0 Å². The summed E-state index contributed by atoms with van der Waals surface area (Å²) in [6.07, 6.45) is 9.91. The van der Waals surface area contributed by atoms with Crippen LogP contribution < -0.4 is 5.43 Å². The number of aliphatic imine (C=N–C) groups is 1. The van der Waals surface area contributed by atoms with Crippen LogP contribution in [0.4, 0.5) is 0 Å². The van der Waals surface area contributed by atoms with Gasteiger partial charge in [-0.15, -0.1) is 0 Å². The Morgan fingerprint density at radius 2 is 1.94 bits per heavy atom. The van der Waals surface area contributed by atoms with Crippen molar-refractivity contribution in [2.24, 2.45) is 10.1 Å². The summed E-state index contributed by atoms with van der Waals surface area (Å²) in [6.45, 7) is 0. The summed E-state index contributed by atoms with van der Waals surface area (Å²) < 4.78 is 1.04. The lowest BCUT2D eigenvalue weighted by molar-refractivity contribution is 0.443. The van der Waals surface area contributed by atoms with Gasteiger partial charge in [-0.1, -0.05) is 53.4 Å². The van der Waals surface area contributed by atoms with E-state index in [1.165, 1.54) is 32.1 Å². The van der Waals surface area contributed by atoms with E-state index in [2.05, 4.69) is 31.4 Å². The minimum Gasteiger partial charge on any atom is -0.271 e. The fourth-order valence-electron chi connectivity index (χ4n) is 2.09. The van der Waals surface area contributed by atoms with Crippen molar-refractivity contribution < 1.29 is 0 Å². The smallest absolute Gasteiger partial charge is 0.103 e. The van der Waals surface area contributed by atoms with Gasteiger partial charge < -0.3 is 0 Å². The van der Waals surface area contributed by atoms with E-state index in [0.717, 1.165) is 10.0 Å². The van der Waals surface area contributed by atoms with Crippen molar-refractivity contribution in [3.63, 3.8) is 0 Å². The number of nitrogens with zero attached hydrogens (tertiary/aromatic N) is 2. The number of nitrogens with one attached hydrogen (secondary N) is 1. The maximum atomic E-state index is 4.48. The molecule has 0 amide bonds. The van der Waals surface area contributed by atoms with E-state index >= 15 is 0 Å². The van der Waals surface area contributed by atoms with Crippen LogP contribution in [-0.2, 0) is 0 Å². The lowest BCUT2D eigenvalue weighted by Gasteiger charge is -2.16. The van der Waals surface area contributed by atoms with Gasteiger partial charge in [0, 0.05) is 10.0 Å². The molecule has 1 saturated carbocycles. The molecule has 0 atom stereocenters. The van der Waals surface area contributed by atoms with Crippen LogP contribution in [0, 0.1) is 0 Å². The van der Waals surface area contributed by atoms with E-state index in [1.54, 1.807) is 12.6 Å². The van der Waals surface area contributed by atoms with E-state index < -0.39 is 0 Å². The van der Waals surface area contributed by atoms with Crippen molar-refractivity contribution >= 4 is 28.5 Å². The van der Waals surface area contributed by atoms with Gasteiger partial charge in [0.25, 0.3) is 0 Å². The Balaban J connectivity index is 1.77. The first-order valence-corrected chi connectivity index (χ1v) is 7.20. The van der Waals surface area contributed by atoms with Crippen LogP contribution >= 0.6 is 15.9 Å². The Kier molecular flexibility index (Phi) is 5.39. The molecule has 1 aliphatic carbocycles. The van der Waals surface area contributed by atoms with Gasteiger partial charge >= 0.3 is 0 Å². The number of hydrogen-bond donors (Lipinski definition) is 1. The van der Waals surface area contributed by atoms with Crippen LogP contribution in [-0.4, -0.2) is 18.6 Å². The Hall–Kier alpha value is -1.16. The molecule has 0 saturated heterocycles. The molecular formula is C14H18BrN3. The highest BCUT2D eigenvalue weighted by atomic mass is 79.9. The van der Waals surface area contributed by atoms with Crippen molar-refractivity contribution in [1.82, 2.24) is 5.43 Å². The Labute approximate surface area is 117 Å². The second-order valence-corrected chi connectivity index (χ2v) is 5.33. The maximum absolute atomic E-state index is 4.48. The van der Waals surface area contributed by atoms with Crippen molar-refractivity contribution in [1.29, 1.82) is 0 Å². The predicted molar refractivity (Wildman–Crippen MR) is 80.2 cm³/mol. The third-order valence-corrected chi connectivity index (χ3v) is 3.82. The standard InChI is InChI=1S/C14H18BrN3/c15-14-9-5-4-6-12(14)10-17-18-11-16-13-7-2-1-3-8-13/h4-6,9-11,13H,1-3,7-8H2,(H,16,18)/b17-10+. The molecule has 3 nitrogen and oxygen atoms in total. The number of rotatable bonds is 4. The minimum absolute atomic E-state index is 0.491. The molecular weight excluding hydrogens is 290 g/mol. The highest BCUT2D eigenvalue weighted by Gasteiger charge is 2.10. The van der Waals surface area contributed by atoms with E-state index in [-0.39, 0.29) is 0 Å². The summed E-state index contributed by atoms with van der Waals surface area (Å²) >= 11 is 3.48. The topological polar surface area (TPSA) is 36.8 Å². The van der Waals surface area contributed by atoms with Gasteiger partial charge in [0.2, 0.25) is 0 Å². The lowest BCUT2D eigenvalue weighted by atomic mass is 9.96. The molecule has 1 fully saturated rings. The molecule has 0 unspecified atom stereocenters. The Morgan fingerprint density at radius 1 is 1.17 bits per heavy atom. The van der Waals surface area contributed by atoms with Crippen LogP contribution in [0.3, 0.4) is 0 Å².